The van der Waals surface area contributed by atoms with Crippen molar-refractivity contribution in [1.29, 1.82) is 0 Å². The summed E-state index contributed by atoms with van der Waals surface area (Å²) in [6, 6.07) is 0. The van der Waals surface area contributed by atoms with E-state index in [-0.39, 0.29) is 0 Å². The molecule has 18 heavy (non-hydrogen) atoms. The van der Waals surface area contributed by atoms with Crippen LogP contribution in [0.4, 0.5) is 14.6 Å². The van der Waals surface area contributed by atoms with Crippen molar-refractivity contribution in [1.82, 2.24) is 9.97 Å². The molecule has 0 unspecified atom stereocenters. The number of aromatic nitrogens is 2. The summed E-state index contributed by atoms with van der Waals surface area (Å²) in [4.78, 5) is 10.3. The molecule has 100 valence electrons. The zero-order valence-electron chi connectivity index (χ0n) is 10.6. The molecule has 0 amide bonds. The zero-order valence-corrected chi connectivity index (χ0v) is 10.6. The molecule has 1 aromatic rings. The number of piperidine rings is 1. The summed E-state index contributed by atoms with van der Waals surface area (Å²) in [5, 5.41) is 0. The fourth-order valence-electron chi connectivity index (χ4n) is 2.28. The fourth-order valence-corrected chi connectivity index (χ4v) is 2.28. The minimum absolute atomic E-state index is 0.490. The number of methoxy groups -OCH3 is 1. The summed E-state index contributed by atoms with van der Waals surface area (Å²) in [5.41, 5.74) is 0.762. The van der Waals surface area contributed by atoms with Crippen LogP contribution in [-0.2, 0) is 0 Å². The van der Waals surface area contributed by atoms with Gasteiger partial charge in [-0.3, -0.25) is 0 Å². The lowest BCUT2D eigenvalue weighted by atomic mass is 9.97. The Hall–Kier alpha value is -1.46. The number of aryl methyl sites for hydroxylation is 1. The standard InChI is InChI=1S/C12H17F2N3O/c1-8-10(18-2)12(16-7-15-8)17-5-3-9(4-6-17)11(13)14/h7,9,11H,3-6H2,1-2H3. The Morgan fingerprint density at radius 2 is 2.00 bits per heavy atom. The van der Waals surface area contributed by atoms with Gasteiger partial charge in [0, 0.05) is 19.0 Å². The molecule has 0 atom stereocenters. The topological polar surface area (TPSA) is 38.3 Å². The van der Waals surface area contributed by atoms with Gasteiger partial charge in [-0.1, -0.05) is 0 Å². The van der Waals surface area contributed by atoms with Gasteiger partial charge in [0.05, 0.1) is 12.8 Å². The lowest BCUT2D eigenvalue weighted by Gasteiger charge is -2.33. The van der Waals surface area contributed by atoms with Crippen LogP contribution in [0.3, 0.4) is 0 Å². The summed E-state index contributed by atoms with van der Waals surface area (Å²) in [6.07, 6.45) is 0.237. The zero-order chi connectivity index (χ0) is 13.1. The largest absolute Gasteiger partial charge is 0.491 e. The second-order valence-corrected chi connectivity index (χ2v) is 4.47. The third kappa shape index (κ3) is 2.52. The van der Waals surface area contributed by atoms with Crippen molar-refractivity contribution in [3.63, 3.8) is 0 Å². The first-order chi connectivity index (χ1) is 8.63. The molecule has 1 saturated heterocycles. The van der Waals surface area contributed by atoms with Crippen molar-refractivity contribution in [2.75, 3.05) is 25.1 Å². The van der Waals surface area contributed by atoms with Crippen molar-refractivity contribution in [2.45, 2.75) is 26.2 Å². The third-order valence-electron chi connectivity index (χ3n) is 3.36. The maximum Gasteiger partial charge on any atom is 0.241 e. The molecule has 2 rings (SSSR count). The van der Waals surface area contributed by atoms with Gasteiger partial charge in [-0.2, -0.15) is 0 Å². The highest BCUT2D eigenvalue weighted by Gasteiger charge is 2.28. The first kappa shape index (κ1) is 13.0. The predicted octanol–water partition coefficient (Wildman–Crippen LogP) is 2.28. The SMILES string of the molecule is COc1c(C)ncnc1N1CCC(C(F)F)CC1. The van der Waals surface area contributed by atoms with Gasteiger partial charge >= 0.3 is 0 Å². The molecule has 2 heterocycles. The van der Waals surface area contributed by atoms with Gasteiger partial charge < -0.3 is 9.64 Å². The Kier molecular flexibility index (Phi) is 3.93. The van der Waals surface area contributed by atoms with Crippen molar-refractivity contribution in [2.24, 2.45) is 5.92 Å². The van der Waals surface area contributed by atoms with E-state index in [1.165, 1.54) is 6.33 Å². The van der Waals surface area contributed by atoms with Crippen LogP contribution < -0.4 is 9.64 Å². The predicted molar refractivity (Wildman–Crippen MR) is 64.3 cm³/mol. The lowest BCUT2D eigenvalue weighted by molar-refractivity contribution is 0.0635. The molecular formula is C12H17F2N3O. The Morgan fingerprint density at radius 3 is 2.56 bits per heavy atom. The summed E-state index contributed by atoms with van der Waals surface area (Å²) in [7, 11) is 1.57. The Balaban J connectivity index is 2.12. The first-order valence-corrected chi connectivity index (χ1v) is 6.02. The summed E-state index contributed by atoms with van der Waals surface area (Å²) < 4.78 is 30.5. The van der Waals surface area contributed by atoms with Crippen LogP contribution >= 0.6 is 0 Å². The molecule has 1 aliphatic rings. The maximum atomic E-state index is 12.6. The molecule has 1 fully saturated rings. The van der Waals surface area contributed by atoms with Crippen LogP contribution in [0.15, 0.2) is 6.33 Å². The lowest BCUT2D eigenvalue weighted by Crippen LogP contribution is -2.36. The molecule has 0 radical (unpaired) electrons. The van der Waals surface area contributed by atoms with Gasteiger partial charge in [0.25, 0.3) is 0 Å². The van der Waals surface area contributed by atoms with Gasteiger partial charge in [-0.05, 0) is 19.8 Å². The number of hydrogen-bond acceptors (Lipinski definition) is 4. The fraction of sp³-hybridized carbons (Fsp3) is 0.667. The highest BCUT2D eigenvalue weighted by atomic mass is 19.3. The minimum atomic E-state index is -2.22. The Bertz CT molecular complexity index is 406. The number of hydrogen-bond donors (Lipinski definition) is 0. The second-order valence-electron chi connectivity index (χ2n) is 4.47. The second kappa shape index (κ2) is 5.46. The molecule has 0 aromatic carbocycles. The van der Waals surface area contributed by atoms with Crippen molar-refractivity contribution in [3.8, 4) is 5.75 Å². The number of nitrogens with zero attached hydrogens (tertiary/aromatic N) is 3. The molecule has 0 aliphatic carbocycles. The highest BCUT2D eigenvalue weighted by Crippen LogP contribution is 2.32. The van der Waals surface area contributed by atoms with E-state index in [1.54, 1.807) is 7.11 Å². The van der Waals surface area contributed by atoms with Crippen LogP contribution in [0.25, 0.3) is 0 Å². The van der Waals surface area contributed by atoms with E-state index in [0.717, 1.165) is 5.69 Å². The van der Waals surface area contributed by atoms with Crippen molar-refractivity contribution >= 4 is 5.82 Å². The molecule has 0 spiro atoms. The van der Waals surface area contributed by atoms with E-state index in [9.17, 15) is 8.78 Å². The molecule has 0 bridgehead atoms. The minimum Gasteiger partial charge on any atom is -0.491 e. The van der Waals surface area contributed by atoms with Crippen molar-refractivity contribution in [3.05, 3.63) is 12.0 Å². The smallest absolute Gasteiger partial charge is 0.241 e. The van der Waals surface area contributed by atoms with Gasteiger partial charge in [0.2, 0.25) is 6.43 Å². The number of halogens is 2. The molecule has 6 heteroatoms. The molecule has 0 N–H and O–H groups in total. The normalized spacial score (nSPS) is 17.3. The molecule has 1 aromatic heterocycles. The quantitative estimate of drug-likeness (QED) is 0.832. The average Bonchev–Trinajstić information content (AvgIpc) is 2.38. The monoisotopic (exact) mass is 257 g/mol. The average molecular weight is 257 g/mol. The van der Waals surface area contributed by atoms with Gasteiger partial charge in [-0.15, -0.1) is 0 Å². The number of alkyl halides is 2. The van der Waals surface area contributed by atoms with E-state index in [0.29, 0.717) is 37.5 Å². The summed E-state index contributed by atoms with van der Waals surface area (Å²) in [5.74, 6) is 0.848. The van der Waals surface area contributed by atoms with Gasteiger partial charge in [0.1, 0.15) is 6.33 Å². The highest BCUT2D eigenvalue weighted by molar-refractivity contribution is 5.54. The molecule has 1 aliphatic heterocycles. The van der Waals surface area contributed by atoms with E-state index < -0.39 is 12.3 Å². The van der Waals surface area contributed by atoms with Crippen LogP contribution in [-0.4, -0.2) is 36.6 Å². The number of ether oxygens (including phenoxy) is 1. The first-order valence-electron chi connectivity index (χ1n) is 6.02. The van der Waals surface area contributed by atoms with E-state index in [1.807, 2.05) is 11.8 Å². The van der Waals surface area contributed by atoms with Gasteiger partial charge in [0.15, 0.2) is 11.6 Å². The van der Waals surface area contributed by atoms with Crippen LogP contribution in [0.2, 0.25) is 0 Å². The maximum absolute atomic E-state index is 12.6. The summed E-state index contributed by atoms with van der Waals surface area (Å²) in [6.45, 7) is 3.01. The van der Waals surface area contributed by atoms with E-state index >= 15 is 0 Å². The van der Waals surface area contributed by atoms with E-state index in [4.69, 9.17) is 4.74 Å². The van der Waals surface area contributed by atoms with Crippen LogP contribution in [0, 0.1) is 12.8 Å². The molecule has 4 nitrogen and oxygen atoms in total. The number of anilines is 1. The Morgan fingerprint density at radius 1 is 1.33 bits per heavy atom. The third-order valence-corrected chi connectivity index (χ3v) is 3.36. The number of rotatable bonds is 3. The molecular weight excluding hydrogens is 240 g/mol. The van der Waals surface area contributed by atoms with Crippen molar-refractivity contribution < 1.29 is 13.5 Å². The Labute approximate surface area is 105 Å². The van der Waals surface area contributed by atoms with Crippen LogP contribution in [0.5, 0.6) is 5.75 Å². The van der Waals surface area contributed by atoms with Gasteiger partial charge in [-0.25, -0.2) is 18.7 Å². The van der Waals surface area contributed by atoms with E-state index in [2.05, 4.69) is 9.97 Å². The molecule has 0 saturated carbocycles. The summed E-state index contributed by atoms with van der Waals surface area (Å²) >= 11 is 0. The van der Waals surface area contributed by atoms with Crippen LogP contribution in [0.1, 0.15) is 18.5 Å².